The van der Waals surface area contributed by atoms with Gasteiger partial charge in [-0.3, -0.25) is 9.59 Å². The van der Waals surface area contributed by atoms with Crippen LogP contribution in [0.5, 0.6) is 5.75 Å². The number of carbonyl (C=O) groups is 2. The summed E-state index contributed by atoms with van der Waals surface area (Å²) in [6.07, 6.45) is -0.344. The van der Waals surface area contributed by atoms with E-state index in [2.05, 4.69) is 15.9 Å². The lowest BCUT2D eigenvalue weighted by atomic mass is 9.88. The molecule has 7 heteroatoms. The molecule has 0 spiro atoms. The maximum Gasteiger partial charge on any atom is 0.264 e. The van der Waals surface area contributed by atoms with Crippen molar-refractivity contribution in [3.8, 4) is 5.75 Å². The van der Waals surface area contributed by atoms with E-state index in [1.54, 1.807) is 41.3 Å². The van der Waals surface area contributed by atoms with Gasteiger partial charge < -0.3 is 14.7 Å². The van der Waals surface area contributed by atoms with Crippen LogP contribution < -0.4 is 9.64 Å². The molecule has 1 unspecified atom stereocenters. The highest BCUT2D eigenvalue weighted by Gasteiger charge is 2.51. The fourth-order valence-corrected chi connectivity index (χ4v) is 4.59. The van der Waals surface area contributed by atoms with Crippen molar-refractivity contribution < 1.29 is 19.4 Å². The van der Waals surface area contributed by atoms with Crippen LogP contribution >= 0.6 is 27.3 Å². The molecule has 5 nitrogen and oxygen atoms in total. The molecule has 0 saturated carbocycles. The van der Waals surface area contributed by atoms with Crippen LogP contribution in [0.2, 0.25) is 0 Å². The predicted octanol–water partition coefficient (Wildman–Crippen LogP) is 4.53. The van der Waals surface area contributed by atoms with Gasteiger partial charge in [-0.2, -0.15) is 0 Å². The Kier molecular flexibility index (Phi) is 5.29. The average molecular weight is 472 g/mol. The predicted molar refractivity (Wildman–Crippen MR) is 115 cm³/mol. The first-order chi connectivity index (χ1) is 13.9. The number of fused-ring (bicyclic) bond motifs is 1. The molecule has 0 aliphatic carbocycles. The van der Waals surface area contributed by atoms with Gasteiger partial charge in [-0.25, -0.2) is 0 Å². The van der Waals surface area contributed by atoms with Gasteiger partial charge >= 0.3 is 0 Å². The average Bonchev–Trinajstić information content (AvgIpc) is 3.30. The zero-order valence-electron chi connectivity index (χ0n) is 15.6. The van der Waals surface area contributed by atoms with Crippen LogP contribution in [0.3, 0.4) is 0 Å². The number of methoxy groups -OCH3 is 1. The van der Waals surface area contributed by atoms with Gasteiger partial charge in [-0.15, -0.1) is 11.3 Å². The van der Waals surface area contributed by atoms with Crippen molar-refractivity contribution in [1.29, 1.82) is 0 Å². The molecule has 0 radical (unpaired) electrons. The van der Waals surface area contributed by atoms with Crippen molar-refractivity contribution in [2.45, 2.75) is 18.6 Å². The van der Waals surface area contributed by atoms with Gasteiger partial charge in [-0.1, -0.05) is 34.1 Å². The third-order valence-corrected chi connectivity index (χ3v) is 6.35. The molecule has 0 fully saturated rings. The number of halogens is 1. The molecule has 1 N–H and O–H groups in total. The van der Waals surface area contributed by atoms with E-state index in [0.717, 1.165) is 9.35 Å². The monoisotopic (exact) mass is 471 g/mol. The molecule has 1 aliphatic rings. The van der Waals surface area contributed by atoms with Gasteiger partial charge in [0.1, 0.15) is 5.75 Å². The number of hydrogen-bond donors (Lipinski definition) is 1. The van der Waals surface area contributed by atoms with E-state index in [-0.39, 0.29) is 12.2 Å². The van der Waals surface area contributed by atoms with Gasteiger partial charge in [0, 0.05) is 20.5 Å². The Morgan fingerprint density at radius 3 is 2.76 bits per heavy atom. The van der Waals surface area contributed by atoms with Crippen LogP contribution in [0, 0.1) is 0 Å². The van der Waals surface area contributed by atoms with Crippen molar-refractivity contribution >= 4 is 44.6 Å². The number of ketones is 1. The fourth-order valence-electron chi connectivity index (χ4n) is 3.54. The van der Waals surface area contributed by atoms with Crippen LogP contribution in [0.1, 0.15) is 27.2 Å². The number of anilines is 1. The molecule has 2 aromatic carbocycles. The molecule has 29 heavy (non-hydrogen) atoms. The number of rotatable bonds is 6. The zero-order valence-corrected chi connectivity index (χ0v) is 18.0. The number of nitrogens with zero attached hydrogens (tertiary/aromatic N) is 1. The number of thiophene rings is 1. The van der Waals surface area contributed by atoms with Gasteiger partial charge in [0.25, 0.3) is 5.91 Å². The Morgan fingerprint density at radius 1 is 1.21 bits per heavy atom. The van der Waals surface area contributed by atoms with E-state index in [1.165, 1.54) is 18.4 Å². The summed E-state index contributed by atoms with van der Waals surface area (Å²) in [6, 6.07) is 15.9. The molecule has 1 aliphatic heterocycles. The smallest absolute Gasteiger partial charge is 0.264 e. The fraction of sp³-hybridized carbons (Fsp3) is 0.182. The Bertz CT molecular complexity index is 1080. The third kappa shape index (κ3) is 3.61. The molecule has 4 rings (SSSR count). The molecule has 1 aromatic heterocycles. The molecule has 3 aromatic rings. The van der Waals surface area contributed by atoms with Crippen molar-refractivity contribution in [1.82, 2.24) is 0 Å². The number of Topliss-reactive ketones (excluding diaryl/α,β-unsaturated/α-hetero) is 1. The van der Waals surface area contributed by atoms with Crippen molar-refractivity contribution in [3.63, 3.8) is 0 Å². The van der Waals surface area contributed by atoms with E-state index < -0.39 is 11.5 Å². The lowest BCUT2D eigenvalue weighted by molar-refractivity contribution is -0.136. The first-order valence-corrected chi connectivity index (χ1v) is 10.6. The lowest BCUT2D eigenvalue weighted by Gasteiger charge is -2.22. The second kappa shape index (κ2) is 7.74. The van der Waals surface area contributed by atoms with E-state index in [9.17, 15) is 14.7 Å². The highest BCUT2D eigenvalue weighted by molar-refractivity contribution is 9.10. The van der Waals surface area contributed by atoms with Crippen molar-refractivity contribution in [2.75, 3.05) is 12.0 Å². The number of ether oxygens (including phenoxy) is 1. The summed E-state index contributed by atoms with van der Waals surface area (Å²) in [6.45, 7) is 0.348. The van der Waals surface area contributed by atoms with Crippen molar-refractivity contribution in [2.24, 2.45) is 0 Å². The standard InChI is InChI=1S/C22H18BrNO4S/c1-28-16-5-2-4-14(10-16)20(25)12-22(27)18-11-15(23)7-8-19(18)24(21(22)26)13-17-6-3-9-29-17/h2-11,27H,12-13H2,1H3. The Balaban J connectivity index is 1.70. The SMILES string of the molecule is COc1cccc(C(=O)CC2(O)C(=O)N(Cc3cccs3)c3ccc(Br)cc32)c1. The first-order valence-electron chi connectivity index (χ1n) is 8.96. The zero-order chi connectivity index (χ0) is 20.6. The van der Waals surface area contributed by atoms with Crippen LogP contribution in [-0.4, -0.2) is 23.9 Å². The summed E-state index contributed by atoms with van der Waals surface area (Å²) >= 11 is 4.95. The number of amides is 1. The van der Waals surface area contributed by atoms with Gasteiger partial charge in [0.15, 0.2) is 11.4 Å². The van der Waals surface area contributed by atoms with Crippen LogP contribution in [0.25, 0.3) is 0 Å². The number of hydrogen-bond acceptors (Lipinski definition) is 5. The van der Waals surface area contributed by atoms with E-state index in [1.807, 2.05) is 23.6 Å². The minimum Gasteiger partial charge on any atom is -0.497 e. The molecular formula is C22H18BrNO4S. The highest BCUT2D eigenvalue weighted by atomic mass is 79.9. The molecule has 1 atom stereocenters. The Hall–Kier alpha value is -2.48. The summed E-state index contributed by atoms with van der Waals surface area (Å²) in [5, 5.41) is 13.4. The largest absolute Gasteiger partial charge is 0.497 e. The third-order valence-electron chi connectivity index (χ3n) is 5.00. The van der Waals surface area contributed by atoms with Gasteiger partial charge in [0.05, 0.1) is 25.8 Å². The van der Waals surface area contributed by atoms with E-state index in [0.29, 0.717) is 29.1 Å². The number of aliphatic hydroxyl groups is 1. The topological polar surface area (TPSA) is 66.8 Å². The minimum atomic E-state index is -1.92. The number of benzene rings is 2. The van der Waals surface area contributed by atoms with Crippen LogP contribution in [0.4, 0.5) is 5.69 Å². The Morgan fingerprint density at radius 2 is 2.03 bits per heavy atom. The van der Waals surface area contributed by atoms with E-state index >= 15 is 0 Å². The summed E-state index contributed by atoms with van der Waals surface area (Å²) in [4.78, 5) is 28.8. The summed E-state index contributed by atoms with van der Waals surface area (Å²) in [5.41, 5.74) is -0.479. The van der Waals surface area contributed by atoms with Crippen LogP contribution in [0.15, 0.2) is 64.5 Å². The van der Waals surface area contributed by atoms with Gasteiger partial charge in [0.2, 0.25) is 0 Å². The second-order valence-electron chi connectivity index (χ2n) is 6.82. The summed E-state index contributed by atoms with van der Waals surface area (Å²) in [7, 11) is 1.52. The van der Waals surface area contributed by atoms with Crippen molar-refractivity contribution in [3.05, 3.63) is 80.5 Å². The normalized spacial score (nSPS) is 18.0. The summed E-state index contributed by atoms with van der Waals surface area (Å²) < 4.78 is 5.90. The molecule has 0 saturated heterocycles. The minimum absolute atomic E-state index is 0.330. The van der Waals surface area contributed by atoms with Crippen LogP contribution in [-0.2, 0) is 16.9 Å². The lowest BCUT2D eigenvalue weighted by Crippen LogP contribution is -2.41. The maximum atomic E-state index is 13.3. The summed E-state index contributed by atoms with van der Waals surface area (Å²) in [5.74, 6) is -0.276. The first kappa shape index (κ1) is 19.8. The van der Waals surface area contributed by atoms with E-state index in [4.69, 9.17) is 4.74 Å². The van der Waals surface area contributed by atoms with Gasteiger partial charge in [-0.05, 0) is 41.8 Å². The molecular weight excluding hydrogens is 454 g/mol. The molecule has 1 amide bonds. The number of carbonyl (C=O) groups excluding carboxylic acids is 2. The quantitative estimate of drug-likeness (QED) is 0.536. The highest BCUT2D eigenvalue weighted by Crippen LogP contribution is 2.45. The second-order valence-corrected chi connectivity index (χ2v) is 8.77. The maximum absolute atomic E-state index is 13.3. The molecule has 148 valence electrons. The Labute approximate surface area is 180 Å². The molecule has 2 heterocycles. The molecule has 0 bridgehead atoms.